The van der Waals surface area contributed by atoms with Gasteiger partial charge in [-0.05, 0) is 23.2 Å². The lowest BCUT2D eigenvalue weighted by atomic mass is 10.0. The van der Waals surface area contributed by atoms with E-state index < -0.39 is 0 Å². The van der Waals surface area contributed by atoms with Crippen molar-refractivity contribution in [1.29, 1.82) is 0 Å². The molecule has 0 heterocycles. The highest BCUT2D eigenvalue weighted by Crippen LogP contribution is 2.16. The Labute approximate surface area is 76.5 Å². The lowest BCUT2D eigenvalue weighted by Crippen LogP contribution is -1.88. The zero-order chi connectivity index (χ0) is 7.23. The minimum absolute atomic E-state index is 0.753. The molecule has 0 aromatic carbocycles. The van der Waals surface area contributed by atoms with Crippen LogP contribution in [-0.2, 0) is 0 Å². The summed E-state index contributed by atoms with van der Waals surface area (Å²) in [4.78, 5) is 0. The van der Waals surface area contributed by atoms with Gasteiger partial charge in [-0.15, -0.1) is 0 Å². The largest absolute Gasteiger partial charge is 0.0864 e. The van der Waals surface area contributed by atoms with Gasteiger partial charge in [0.2, 0.25) is 0 Å². The Morgan fingerprint density at radius 1 is 1.10 bits per heavy atom. The molecule has 0 amide bonds. The quantitative estimate of drug-likeness (QED) is 0.406. The van der Waals surface area contributed by atoms with Gasteiger partial charge in [0.05, 0.1) is 0 Å². The molecule has 0 aromatic heterocycles. The fourth-order valence-electron chi connectivity index (χ4n) is 1.14. The number of hydrogen-bond acceptors (Lipinski definition) is 0. The van der Waals surface area contributed by atoms with Gasteiger partial charge in [0.25, 0.3) is 0 Å². The van der Waals surface area contributed by atoms with E-state index in [1.807, 2.05) is 0 Å². The van der Waals surface area contributed by atoms with Gasteiger partial charge in [0.15, 0.2) is 0 Å². The Morgan fingerprint density at radius 3 is 2.40 bits per heavy atom. The third kappa shape index (κ3) is 2.86. The summed E-state index contributed by atoms with van der Waals surface area (Å²) < 4.78 is 1.30. The Balaban J connectivity index is 2.03. The van der Waals surface area contributed by atoms with Crippen molar-refractivity contribution in [2.45, 2.75) is 19.3 Å². The van der Waals surface area contributed by atoms with Crippen LogP contribution in [0.15, 0.2) is 24.3 Å². The van der Waals surface area contributed by atoms with Crippen LogP contribution in [-0.4, -0.2) is 4.43 Å². The lowest BCUT2D eigenvalue weighted by Gasteiger charge is -2.01. The number of rotatable bonds is 4. The predicted octanol–water partition coefficient (Wildman–Crippen LogP) is 3.33. The molecule has 0 atom stereocenters. The summed E-state index contributed by atoms with van der Waals surface area (Å²) in [6.45, 7) is 0. The summed E-state index contributed by atoms with van der Waals surface area (Å²) in [5.41, 5.74) is 0. The van der Waals surface area contributed by atoms with E-state index in [0.29, 0.717) is 0 Å². The molecule has 0 unspecified atom stereocenters. The maximum atomic E-state index is 2.44. The first-order valence-electron chi connectivity index (χ1n) is 3.84. The van der Waals surface area contributed by atoms with Gasteiger partial charge in [-0.3, -0.25) is 0 Å². The Hall–Kier alpha value is 0.210. The van der Waals surface area contributed by atoms with Crippen LogP contribution in [0.3, 0.4) is 0 Å². The van der Waals surface area contributed by atoms with Crippen molar-refractivity contribution >= 4 is 22.6 Å². The maximum absolute atomic E-state index is 2.44. The summed E-state index contributed by atoms with van der Waals surface area (Å²) in [6, 6.07) is 0. The van der Waals surface area contributed by atoms with Gasteiger partial charge in [-0.2, -0.15) is 0 Å². The van der Waals surface area contributed by atoms with E-state index in [0.717, 1.165) is 5.92 Å². The third-order valence-electron chi connectivity index (χ3n) is 1.75. The molecule has 1 rings (SSSR count). The Kier molecular flexibility index (Phi) is 4.10. The Bertz CT molecular complexity index is 124. The Morgan fingerprint density at radius 2 is 1.80 bits per heavy atom. The van der Waals surface area contributed by atoms with Crippen molar-refractivity contribution in [3.05, 3.63) is 24.3 Å². The summed E-state index contributed by atoms with van der Waals surface area (Å²) in [5, 5.41) is 0. The fraction of sp³-hybridized carbons (Fsp3) is 0.556. The predicted molar refractivity (Wildman–Crippen MR) is 54.5 cm³/mol. The molecular formula is C9H13I. The zero-order valence-electron chi connectivity index (χ0n) is 6.09. The van der Waals surface area contributed by atoms with Crippen molar-refractivity contribution < 1.29 is 0 Å². The van der Waals surface area contributed by atoms with Crippen LogP contribution in [0.5, 0.6) is 0 Å². The van der Waals surface area contributed by atoms with Gasteiger partial charge >= 0.3 is 0 Å². The van der Waals surface area contributed by atoms with E-state index in [-0.39, 0.29) is 0 Å². The second-order valence-corrected chi connectivity index (χ2v) is 3.70. The van der Waals surface area contributed by atoms with Gasteiger partial charge < -0.3 is 0 Å². The van der Waals surface area contributed by atoms with E-state index in [1.54, 1.807) is 0 Å². The molecule has 10 heavy (non-hydrogen) atoms. The van der Waals surface area contributed by atoms with E-state index in [1.165, 1.54) is 23.7 Å². The molecule has 1 heteroatoms. The third-order valence-corrected chi connectivity index (χ3v) is 2.51. The minimum Gasteiger partial charge on any atom is -0.0864 e. The van der Waals surface area contributed by atoms with E-state index in [9.17, 15) is 0 Å². The van der Waals surface area contributed by atoms with Crippen LogP contribution in [0.4, 0.5) is 0 Å². The lowest BCUT2D eigenvalue weighted by molar-refractivity contribution is 0.653. The first-order chi connectivity index (χ1) is 4.93. The molecule has 0 spiro atoms. The standard InChI is InChI=1S/C9H13I/c10-8-4-3-7-9-5-1-2-6-9/h1-2,5-6,9H,3-4,7-8H2. The molecule has 56 valence electrons. The van der Waals surface area contributed by atoms with Crippen LogP contribution in [0, 0.1) is 5.92 Å². The van der Waals surface area contributed by atoms with Crippen LogP contribution >= 0.6 is 22.6 Å². The summed E-state index contributed by atoms with van der Waals surface area (Å²) >= 11 is 2.44. The molecule has 0 saturated carbocycles. The smallest absolute Gasteiger partial charge is 0.000472 e. The highest BCUT2D eigenvalue weighted by molar-refractivity contribution is 14.1. The molecule has 0 bridgehead atoms. The van der Waals surface area contributed by atoms with Gasteiger partial charge in [0.1, 0.15) is 0 Å². The van der Waals surface area contributed by atoms with E-state index >= 15 is 0 Å². The average molecular weight is 248 g/mol. The molecule has 0 saturated heterocycles. The second kappa shape index (κ2) is 4.94. The van der Waals surface area contributed by atoms with Crippen LogP contribution < -0.4 is 0 Å². The minimum atomic E-state index is 0.753. The molecular weight excluding hydrogens is 235 g/mol. The first kappa shape index (κ1) is 8.31. The first-order valence-corrected chi connectivity index (χ1v) is 5.37. The zero-order valence-corrected chi connectivity index (χ0v) is 8.25. The monoisotopic (exact) mass is 248 g/mol. The number of alkyl halides is 1. The van der Waals surface area contributed by atoms with Crippen molar-refractivity contribution in [2.75, 3.05) is 4.43 Å². The molecule has 0 N–H and O–H groups in total. The molecule has 0 fully saturated rings. The second-order valence-electron chi connectivity index (χ2n) is 2.62. The molecule has 0 radical (unpaired) electrons. The van der Waals surface area contributed by atoms with Crippen molar-refractivity contribution in [2.24, 2.45) is 5.92 Å². The number of halogens is 1. The SMILES string of the molecule is ICCCCC1C=CC=C1. The van der Waals surface area contributed by atoms with E-state index in [4.69, 9.17) is 0 Å². The van der Waals surface area contributed by atoms with E-state index in [2.05, 4.69) is 46.9 Å². The molecule has 0 nitrogen and oxygen atoms in total. The molecule has 1 aliphatic rings. The van der Waals surface area contributed by atoms with Gasteiger partial charge in [0, 0.05) is 0 Å². The van der Waals surface area contributed by atoms with Gasteiger partial charge in [-0.1, -0.05) is 53.3 Å². The van der Waals surface area contributed by atoms with Crippen LogP contribution in [0.25, 0.3) is 0 Å². The van der Waals surface area contributed by atoms with Crippen molar-refractivity contribution in [1.82, 2.24) is 0 Å². The fourth-order valence-corrected chi connectivity index (χ4v) is 1.68. The number of allylic oxidation sites excluding steroid dienone is 4. The molecule has 1 aliphatic carbocycles. The highest BCUT2D eigenvalue weighted by Gasteiger charge is 2.01. The van der Waals surface area contributed by atoms with Gasteiger partial charge in [-0.25, -0.2) is 0 Å². The maximum Gasteiger partial charge on any atom is -0.000472 e. The highest BCUT2D eigenvalue weighted by atomic mass is 127. The van der Waals surface area contributed by atoms with Crippen molar-refractivity contribution in [3.63, 3.8) is 0 Å². The van der Waals surface area contributed by atoms with Crippen molar-refractivity contribution in [3.8, 4) is 0 Å². The molecule has 0 aliphatic heterocycles. The summed E-state index contributed by atoms with van der Waals surface area (Å²) in [7, 11) is 0. The number of hydrogen-bond donors (Lipinski definition) is 0. The summed E-state index contributed by atoms with van der Waals surface area (Å²) in [5.74, 6) is 0.753. The molecule has 0 aromatic rings. The summed E-state index contributed by atoms with van der Waals surface area (Å²) in [6.07, 6.45) is 13.0. The average Bonchev–Trinajstić information content (AvgIpc) is 2.41. The van der Waals surface area contributed by atoms with Crippen LogP contribution in [0.2, 0.25) is 0 Å². The number of unbranched alkanes of at least 4 members (excludes halogenated alkanes) is 1. The topological polar surface area (TPSA) is 0 Å². The normalized spacial score (nSPS) is 16.9. The van der Waals surface area contributed by atoms with Crippen LogP contribution in [0.1, 0.15) is 19.3 Å².